The first-order chi connectivity index (χ1) is 7.06. The Balaban J connectivity index is 0. The molecule has 3 atom stereocenters. The fourth-order valence-electron chi connectivity index (χ4n) is 1.54. The van der Waals surface area contributed by atoms with Crippen LogP contribution in [0, 0.1) is 5.92 Å². The number of carbonyl (C=O) groups excluding carboxylic acids is 1. The molecule has 0 saturated carbocycles. The second kappa shape index (κ2) is 9.91. The van der Waals surface area contributed by atoms with Gasteiger partial charge in [-0.05, 0) is 18.8 Å². The van der Waals surface area contributed by atoms with Crippen molar-refractivity contribution in [3.05, 3.63) is 0 Å². The molecule has 0 aliphatic heterocycles. The number of rotatable bonds is 7. The minimum atomic E-state index is -0.360. The quantitative estimate of drug-likeness (QED) is 0.729. The van der Waals surface area contributed by atoms with Crippen molar-refractivity contribution in [2.24, 2.45) is 11.7 Å². The fraction of sp³-hybridized carbons (Fsp3) is 0.917. The van der Waals surface area contributed by atoms with Gasteiger partial charge < -0.3 is 11.1 Å². The van der Waals surface area contributed by atoms with Crippen molar-refractivity contribution in [3.63, 3.8) is 0 Å². The van der Waals surface area contributed by atoms with E-state index in [0.717, 1.165) is 25.7 Å². The van der Waals surface area contributed by atoms with Gasteiger partial charge in [-0.15, -0.1) is 12.4 Å². The zero-order valence-corrected chi connectivity index (χ0v) is 11.8. The smallest absolute Gasteiger partial charge is 0.237 e. The molecule has 3 unspecified atom stereocenters. The predicted octanol–water partition coefficient (Wildman–Crippen LogP) is 2.48. The topological polar surface area (TPSA) is 55.1 Å². The maximum atomic E-state index is 11.8. The highest BCUT2D eigenvalue weighted by atomic mass is 35.5. The molecular weight excluding hydrogens is 224 g/mol. The van der Waals surface area contributed by atoms with Gasteiger partial charge >= 0.3 is 0 Å². The zero-order valence-electron chi connectivity index (χ0n) is 11.0. The van der Waals surface area contributed by atoms with E-state index in [9.17, 15) is 4.79 Å². The normalized spacial score (nSPS) is 15.8. The Bertz CT molecular complexity index is 188. The maximum absolute atomic E-state index is 11.8. The minimum absolute atomic E-state index is 0. The van der Waals surface area contributed by atoms with Gasteiger partial charge in [0.25, 0.3) is 0 Å². The third-order valence-corrected chi connectivity index (χ3v) is 3.04. The van der Waals surface area contributed by atoms with Gasteiger partial charge in [0.05, 0.1) is 6.04 Å². The van der Waals surface area contributed by atoms with E-state index in [0.29, 0.717) is 0 Å². The summed E-state index contributed by atoms with van der Waals surface area (Å²) in [6.45, 7) is 8.30. The highest BCUT2D eigenvalue weighted by Crippen LogP contribution is 2.07. The number of halogens is 1. The van der Waals surface area contributed by atoms with Crippen molar-refractivity contribution in [3.8, 4) is 0 Å². The van der Waals surface area contributed by atoms with Gasteiger partial charge in [-0.1, -0.05) is 40.5 Å². The van der Waals surface area contributed by atoms with Gasteiger partial charge in [0.15, 0.2) is 0 Å². The summed E-state index contributed by atoms with van der Waals surface area (Å²) < 4.78 is 0. The summed E-state index contributed by atoms with van der Waals surface area (Å²) in [5.41, 5.74) is 5.86. The lowest BCUT2D eigenvalue weighted by atomic mass is 9.98. The highest BCUT2D eigenvalue weighted by Gasteiger charge is 2.20. The average molecular weight is 251 g/mol. The van der Waals surface area contributed by atoms with Gasteiger partial charge in [0, 0.05) is 6.04 Å². The van der Waals surface area contributed by atoms with E-state index in [1.807, 2.05) is 6.92 Å². The minimum Gasteiger partial charge on any atom is -0.352 e. The molecule has 0 aliphatic rings. The summed E-state index contributed by atoms with van der Waals surface area (Å²) in [5, 5.41) is 3.02. The molecule has 0 heterocycles. The van der Waals surface area contributed by atoms with Crippen LogP contribution in [0.5, 0.6) is 0 Å². The van der Waals surface area contributed by atoms with Gasteiger partial charge in [-0.25, -0.2) is 0 Å². The Morgan fingerprint density at radius 3 is 2.19 bits per heavy atom. The SMILES string of the molecule is CCCC(CC)NC(=O)C(N)C(C)CC.Cl. The molecule has 0 spiro atoms. The Labute approximate surface area is 106 Å². The number of hydrogen-bond acceptors (Lipinski definition) is 2. The first-order valence-electron chi connectivity index (χ1n) is 6.12. The third-order valence-electron chi connectivity index (χ3n) is 3.04. The third kappa shape index (κ3) is 6.33. The first-order valence-corrected chi connectivity index (χ1v) is 6.12. The summed E-state index contributed by atoms with van der Waals surface area (Å²) >= 11 is 0. The van der Waals surface area contributed by atoms with Crippen LogP contribution in [0.3, 0.4) is 0 Å². The molecule has 0 rings (SSSR count). The van der Waals surface area contributed by atoms with E-state index in [2.05, 4.69) is 26.1 Å². The molecule has 0 aliphatic carbocycles. The lowest BCUT2D eigenvalue weighted by Gasteiger charge is -2.22. The standard InChI is InChI=1S/C12H26N2O.ClH/c1-5-8-10(7-3)14-12(15)11(13)9(4)6-2;/h9-11H,5-8,13H2,1-4H3,(H,14,15);1H. The predicted molar refractivity (Wildman–Crippen MR) is 71.8 cm³/mol. The summed E-state index contributed by atoms with van der Waals surface area (Å²) in [6.07, 6.45) is 4.05. The van der Waals surface area contributed by atoms with Crippen LogP contribution in [-0.4, -0.2) is 18.0 Å². The van der Waals surface area contributed by atoms with Crippen molar-refractivity contribution in [2.45, 2.75) is 65.5 Å². The average Bonchev–Trinajstić information content (AvgIpc) is 2.26. The van der Waals surface area contributed by atoms with Crippen molar-refractivity contribution in [1.29, 1.82) is 0 Å². The summed E-state index contributed by atoms with van der Waals surface area (Å²) in [4.78, 5) is 11.8. The first kappa shape index (κ1) is 18.1. The van der Waals surface area contributed by atoms with Crippen LogP contribution in [-0.2, 0) is 4.79 Å². The molecule has 0 aromatic carbocycles. The molecule has 3 nitrogen and oxygen atoms in total. The molecule has 0 radical (unpaired) electrons. The molecule has 0 aromatic rings. The monoisotopic (exact) mass is 250 g/mol. The zero-order chi connectivity index (χ0) is 11.8. The Morgan fingerprint density at radius 1 is 1.25 bits per heavy atom. The highest BCUT2D eigenvalue weighted by molar-refractivity contribution is 5.85. The molecule has 0 aromatic heterocycles. The number of hydrogen-bond donors (Lipinski definition) is 2. The van der Waals surface area contributed by atoms with Gasteiger partial charge in [0.1, 0.15) is 0 Å². The van der Waals surface area contributed by atoms with Crippen molar-refractivity contribution < 1.29 is 4.79 Å². The number of amides is 1. The summed E-state index contributed by atoms with van der Waals surface area (Å²) in [6, 6.07) is -0.0708. The van der Waals surface area contributed by atoms with Gasteiger partial charge in [0.2, 0.25) is 5.91 Å². The fourth-order valence-corrected chi connectivity index (χ4v) is 1.54. The molecule has 0 bridgehead atoms. The number of carbonyl (C=O) groups is 1. The van der Waals surface area contributed by atoms with Crippen LogP contribution < -0.4 is 11.1 Å². The maximum Gasteiger partial charge on any atom is 0.237 e. The van der Waals surface area contributed by atoms with Crippen LogP contribution >= 0.6 is 12.4 Å². The lowest BCUT2D eigenvalue weighted by Crippen LogP contribution is -2.48. The molecule has 4 heteroatoms. The largest absolute Gasteiger partial charge is 0.352 e. The molecular formula is C12H27ClN2O. The Hall–Kier alpha value is -0.280. The van der Waals surface area contributed by atoms with E-state index >= 15 is 0 Å². The van der Waals surface area contributed by atoms with Crippen LogP contribution in [0.2, 0.25) is 0 Å². The number of nitrogens with two attached hydrogens (primary N) is 1. The second-order valence-electron chi connectivity index (χ2n) is 4.31. The van der Waals surface area contributed by atoms with E-state index in [-0.39, 0.29) is 36.3 Å². The number of nitrogens with one attached hydrogen (secondary N) is 1. The lowest BCUT2D eigenvalue weighted by molar-refractivity contribution is -0.124. The molecule has 3 N–H and O–H groups in total. The summed E-state index contributed by atoms with van der Waals surface area (Å²) in [7, 11) is 0. The van der Waals surface area contributed by atoms with E-state index in [1.54, 1.807) is 0 Å². The van der Waals surface area contributed by atoms with E-state index in [1.165, 1.54) is 0 Å². The van der Waals surface area contributed by atoms with E-state index < -0.39 is 0 Å². The van der Waals surface area contributed by atoms with Gasteiger partial charge in [-0.2, -0.15) is 0 Å². The van der Waals surface area contributed by atoms with Crippen LogP contribution in [0.15, 0.2) is 0 Å². The molecule has 16 heavy (non-hydrogen) atoms. The Kier molecular flexibility index (Phi) is 11.2. The van der Waals surface area contributed by atoms with E-state index in [4.69, 9.17) is 5.73 Å². The van der Waals surface area contributed by atoms with Gasteiger partial charge in [-0.3, -0.25) is 4.79 Å². The van der Waals surface area contributed by atoms with Crippen LogP contribution in [0.1, 0.15) is 53.4 Å². The molecule has 0 fully saturated rings. The summed E-state index contributed by atoms with van der Waals surface area (Å²) in [5.74, 6) is 0.258. The van der Waals surface area contributed by atoms with Crippen molar-refractivity contribution in [2.75, 3.05) is 0 Å². The molecule has 0 saturated heterocycles. The molecule has 1 amide bonds. The van der Waals surface area contributed by atoms with Crippen LogP contribution in [0.25, 0.3) is 0 Å². The Morgan fingerprint density at radius 2 is 1.81 bits per heavy atom. The second-order valence-corrected chi connectivity index (χ2v) is 4.31. The molecule has 98 valence electrons. The van der Waals surface area contributed by atoms with Crippen molar-refractivity contribution >= 4 is 18.3 Å². The van der Waals surface area contributed by atoms with Crippen LogP contribution in [0.4, 0.5) is 0 Å². The van der Waals surface area contributed by atoms with Crippen molar-refractivity contribution in [1.82, 2.24) is 5.32 Å².